The number of nitrogens with one attached hydrogen (secondary N) is 1. The quantitative estimate of drug-likeness (QED) is 0.815. The Morgan fingerprint density at radius 3 is 2.65 bits per heavy atom. The highest BCUT2D eigenvalue weighted by atomic mass is 16.5. The lowest BCUT2D eigenvalue weighted by molar-refractivity contribution is 0.271. The van der Waals surface area contributed by atoms with Gasteiger partial charge in [0, 0.05) is 17.5 Å². The molecule has 1 aromatic carbocycles. The van der Waals surface area contributed by atoms with Gasteiger partial charge in [0.2, 0.25) is 0 Å². The van der Waals surface area contributed by atoms with Crippen LogP contribution in [-0.2, 0) is 6.42 Å². The Bertz CT molecular complexity index is 517. The lowest BCUT2D eigenvalue weighted by Crippen LogP contribution is -2.04. The summed E-state index contributed by atoms with van der Waals surface area (Å²) >= 11 is 0. The van der Waals surface area contributed by atoms with Gasteiger partial charge in [0.1, 0.15) is 11.6 Å². The van der Waals surface area contributed by atoms with Gasteiger partial charge in [-0.25, -0.2) is 4.98 Å². The SMILES string of the molecule is CC(C)COc1ccc(-c2ncc(CCCN)[nH]2)cc1. The van der Waals surface area contributed by atoms with E-state index in [-0.39, 0.29) is 0 Å². The summed E-state index contributed by atoms with van der Waals surface area (Å²) in [5.74, 6) is 2.33. The molecule has 3 N–H and O–H groups in total. The third-order valence-corrected chi connectivity index (χ3v) is 2.99. The number of aromatic nitrogens is 2. The summed E-state index contributed by atoms with van der Waals surface area (Å²) in [5.41, 5.74) is 7.71. The van der Waals surface area contributed by atoms with Crippen molar-refractivity contribution in [2.45, 2.75) is 26.7 Å². The highest BCUT2D eigenvalue weighted by molar-refractivity contribution is 5.56. The van der Waals surface area contributed by atoms with Crippen LogP contribution in [0.25, 0.3) is 11.4 Å². The number of ether oxygens (including phenoxy) is 1. The fraction of sp³-hybridized carbons (Fsp3) is 0.438. The summed E-state index contributed by atoms with van der Waals surface area (Å²) in [6.45, 7) is 5.72. The van der Waals surface area contributed by atoms with E-state index in [4.69, 9.17) is 10.5 Å². The van der Waals surface area contributed by atoms with E-state index >= 15 is 0 Å². The monoisotopic (exact) mass is 273 g/mol. The van der Waals surface area contributed by atoms with E-state index in [0.717, 1.165) is 42.3 Å². The van der Waals surface area contributed by atoms with Gasteiger partial charge in [-0.3, -0.25) is 0 Å². The third-order valence-electron chi connectivity index (χ3n) is 2.99. The Morgan fingerprint density at radius 2 is 2.00 bits per heavy atom. The van der Waals surface area contributed by atoms with Crippen molar-refractivity contribution in [3.05, 3.63) is 36.2 Å². The van der Waals surface area contributed by atoms with Gasteiger partial charge < -0.3 is 15.5 Å². The summed E-state index contributed by atoms with van der Waals surface area (Å²) in [5, 5.41) is 0. The lowest BCUT2D eigenvalue weighted by atomic mass is 10.2. The van der Waals surface area contributed by atoms with Crippen molar-refractivity contribution >= 4 is 0 Å². The molecule has 0 aliphatic rings. The number of imidazole rings is 1. The fourth-order valence-electron chi connectivity index (χ4n) is 1.90. The molecule has 4 heteroatoms. The summed E-state index contributed by atoms with van der Waals surface area (Å²) in [6, 6.07) is 8.03. The van der Waals surface area contributed by atoms with Gasteiger partial charge >= 0.3 is 0 Å². The highest BCUT2D eigenvalue weighted by Gasteiger charge is 2.04. The first-order chi connectivity index (χ1) is 9.69. The van der Waals surface area contributed by atoms with Crippen LogP contribution in [0.4, 0.5) is 0 Å². The molecular formula is C16H23N3O. The van der Waals surface area contributed by atoms with Crippen molar-refractivity contribution in [1.82, 2.24) is 9.97 Å². The molecule has 2 rings (SSSR count). The third kappa shape index (κ3) is 4.10. The van der Waals surface area contributed by atoms with Crippen molar-refractivity contribution in [2.75, 3.05) is 13.2 Å². The highest BCUT2D eigenvalue weighted by Crippen LogP contribution is 2.20. The molecule has 0 aliphatic heterocycles. The summed E-state index contributed by atoms with van der Waals surface area (Å²) in [4.78, 5) is 7.73. The molecule has 0 unspecified atom stereocenters. The smallest absolute Gasteiger partial charge is 0.137 e. The molecule has 0 aliphatic carbocycles. The molecule has 0 amide bonds. The van der Waals surface area contributed by atoms with E-state index in [0.29, 0.717) is 12.5 Å². The minimum absolute atomic E-state index is 0.532. The van der Waals surface area contributed by atoms with Gasteiger partial charge in [0.25, 0.3) is 0 Å². The molecule has 1 heterocycles. The maximum atomic E-state index is 5.67. The van der Waals surface area contributed by atoms with Crippen LogP contribution in [0, 0.1) is 5.92 Å². The molecule has 0 radical (unpaired) electrons. The van der Waals surface area contributed by atoms with Crippen LogP contribution >= 0.6 is 0 Å². The van der Waals surface area contributed by atoms with E-state index in [9.17, 15) is 0 Å². The standard InChI is InChI=1S/C16H23N3O/c1-12(2)11-20-15-7-5-13(6-8-15)16-18-10-14(19-16)4-3-9-17/h5-8,10,12H,3-4,9,11,17H2,1-2H3,(H,18,19). The summed E-state index contributed by atoms with van der Waals surface area (Å²) in [7, 11) is 0. The number of hydrogen-bond acceptors (Lipinski definition) is 3. The molecule has 4 nitrogen and oxygen atoms in total. The predicted octanol–water partition coefficient (Wildman–Crippen LogP) is 3.00. The average Bonchev–Trinajstić information content (AvgIpc) is 2.92. The molecule has 108 valence electrons. The second kappa shape index (κ2) is 7.10. The summed E-state index contributed by atoms with van der Waals surface area (Å²) < 4.78 is 5.67. The van der Waals surface area contributed by atoms with Crippen LogP contribution in [0.1, 0.15) is 26.0 Å². The molecular weight excluding hydrogens is 250 g/mol. The molecule has 20 heavy (non-hydrogen) atoms. The van der Waals surface area contributed by atoms with Crippen molar-refractivity contribution in [3.63, 3.8) is 0 Å². The Labute approximate surface area is 120 Å². The second-order valence-electron chi connectivity index (χ2n) is 5.38. The van der Waals surface area contributed by atoms with E-state index in [1.807, 2.05) is 30.5 Å². The largest absolute Gasteiger partial charge is 0.493 e. The number of nitrogens with zero attached hydrogens (tertiary/aromatic N) is 1. The van der Waals surface area contributed by atoms with E-state index in [1.165, 1.54) is 0 Å². The number of aromatic amines is 1. The average molecular weight is 273 g/mol. The topological polar surface area (TPSA) is 63.9 Å². The molecule has 0 saturated heterocycles. The molecule has 0 atom stereocenters. The molecule has 0 spiro atoms. The van der Waals surface area contributed by atoms with Gasteiger partial charge in [0.05, 0.1) is 6.61 Å². The fourth-order valence-corrected chi connectivity index (χ4v) is 1.90. The molecule has 1 aromatic heterocycles. The zero-order chi connectivity index (χ0) is 14.4. The number of H-pyrrole nitrogens is 1. The van der Waals surface area contributed by atoms with Crippen LogP contribution < -0.4 is 10.5 Å². The Kier molecular flexibility index (Phi) is 5.18. The number of nitrogens with two attached hydrogens (primary N) is 1. The number of aryl methyl sites for hydroxylation is 1. The van der Waals surface area contributed by atoms with Crippen molar-refractivity contribution < 1.29 is 4.74 Å². The van der Waals surface area contributed by atoms with Gasteiger partial charge in [-0.2, -0.15) is 0 Å². The maximum Gasteiger partial charge on any atom is 0.137 e. The van der Waals surface area contributed by atoms with Crippen LogP contribution in [0.3, 0.4) is 0 Å². The van der Waals surface area contributed by atoms with Gasteiger partial charge in [-0.05, 0) is 49.6 Å². The first-order valence-corrected chi connectivity index (χ1v) is 7.16. The number of benzene rings is 1. The molecule has 2 aromatic rings. The number of hydrogen-bond donors (Lipinski definition) is 2. The zero-order valence-electron chi connectivity index (χ0n) is 12.2. The van der Waals surface area contributed by atoms with Crippen LogP contribution in [0.15, 0.2) is 30.5 Å². The van der Waals surface area contributed by atoms with Gasteiger partial charge in [-0.15, -0.1) is 0 Å². The molecule has 0 bridgehead atoms. The van der Waals surface area contributed by atoms with E-state index in [2.05, 4.69) is 23.8 Å². The lowest BCUT2D eigenvalue weighted by Gasteiger charge is -2.08. The van der Waals surface area contributed by atoms with Gasteiger partial charge in [0.15, 0.2) is 0 Å². The maximum absolute atomic E-state index is 5.67. The van der Waals surface area contributed by atoms with Crippen molar-refractivity contribution in [1.29, 1.82) is 0 Å². The Morgan fingerprint density at radius 1 is 1.25 bits per heavy atom. The number of rotatable bonds is 7. The Hall–Kier alpha value is -1.81. The molecule has 0 fully saturated rings. The van der Waals surface area contributed by atoms with Crippen LogP contribution in [-0.4, -0.2) is 23.1 Å². The van der Waals surface area contributed by atoms with Crippen LogP contribution in [0.5, 0.6) is 5.75 Å². The zero-order valence-corrected chi connectivity index (χ0v) is 12.2. The van der Waals surface area contributed by atoms with Crippen LogP contribution in [0.2, 0.25) is 0 Å². The van der Waals surface area contributed by atoms with E-state index < -0.39 is 0 Å². The van der Waals surface area contributed by atoms with Crippen molar-refractivity contribution in [3.8, 4) is 17.1 Å². The predicted molar refractivity (Wildman–Crippen MR) is 81.7 cm³/mol. The Balaban J connectivity index is 2.00. The normalized spacial score (nSPS) is 11.0. The minimum atomic E-state index is 0.532. The van der Waals surface area contributed by atoms with Crippen molar-refractivity contribution in [2.24, 2.45) is 11.7 Å². The molecule has 0 saturated carbocycles. The minimum Gasteiger partial charge on any atom is -0.493 e. The second-order valence-corrected chi connectivity index (χ2v) is 5.38. The van der Waals surface area contributed by atoms with E-state index in [1.54, 1.807) is 0 Å². The first kappa shape index (κ1) is 14.6. The summed E-state index contributed by atoms with van der Waals surface area (Å²) in [6.07, 6.45) is 3.80. The van der Waals surface area contributed by atoms with Gasteiger partial charge in [-0.1, -0.05) is 13.8 Å². The first-order valence-electron chi connectivity index (χ1n) is 7.16.